The number of carbonyl (C=O) groups excluding carboxylic acids is 1. The topological polar surface area (TPSA) is 29.1 Å². The minimum Gasteiger partial charge on any atom is -0.316 e. The molecule has 0 saturated carbocycles. The van der Waals surface area contributed by atoms with Crippen LogP contribution in [0.5, 0.6) is 0 Å². The first kappa shape index (κ1) is 14.0. The first-order valence-corrected chi connectivity index (χ1v) is 7.61. The monoisotopic (exact) mass is 357 g/mol. The van der Waals surface area contributed by atoms with E-state index in [2.05, 4.69) is 66.0 Å². The summed E-state index contributed by atoms with van der Waals surface area (Å²) in [4.78, 5) is 12.6. The highest BCUT2D eigenvalue weighted by molar-refractivity contribution is 14.1. The maximum absolute atomic E-state index is 12.6. The highest BCUT2D eigenvalue weighted by atomic mass is 127. The molecule has 1 aromatic rings. The van der Waals surface area contributed by atoms with Crippen LogP contribution < -0.4 is 5.32 Å². The van der Waals surface area contributed by atoms with Crippen molar-refractivity contribution in [2.24, 2.45) is 11.3 Å². The standard InChI is InChI=1S/C15H20INO/c1-11(2)15(7-8-17-10-15)14(18)9-12-3-5-13(16)6-4-12/h3-6,11,17H,7-10H2,1-2H3. The average Bonchev–Trinajstić information content (AvgIpc) is 2.82. The van der Waals surface area contributed by atoms with Gasteiger partial charge in [0.25, 0.3) is 0 Å². The zero-order valence-electron chi connectivity index (χ0n) is 11.0. The first-order valence-electron chi connectivity index (χ1n) is 6.53. The molecular formula is C15H20INO. The number of halogens is 1. The lowest BCUT2D eigenvalue weighted by Crippen LogP contribution is -2.39. The second kappa shape index (κ2) is 5.70. The van der Waals surface area contributed by atoms with Gasteiger partial charge in [-0.05, 0) is 59.2 Å². The summed E-state index contributed by atoms with van der Waals surface area (Å²) in [6, 6.07) is 8.27. The Hall–Kier alpha value is -0.420. The number of ketones is 1. The summed E-state index contributed by atoms with van der Waals surface area (Å²) < 4.78 is 1.21. The van der Waals surface area contributed by atoms with Gasteiger partial charge in [0.2, 0.25) is 0 Å². The first-order chi connectivity index (χ1) is 8.54. The normalized spacial score (nSPS) is 23.6. The zero-order valence-corrected chi connectivity index (χ0v) is 13.2. The molecule has 0 aliphatic carbocycles. The second-order valence-corrected chi connectivity index (χ2v) is 6.71. The molecule has 1 unspecified atom stereocenters. The van der Waals surface area contributed by atoms with Gasteiger partial charge < -0.3 is 5.32 Å². The fraction of sp³-hybridized carbons (Fsp3) is 0.533. The Balaban J connectivity index is 2.13. The van der Waals surface area contributed by atoms with Gasteiger partial charge in [-0.1, -0.05) is 26.0 Å². The van der Waals surface area contributed by atoms with E-state index in [0.29, 0.717) is 18.1 Å². The van der Waals surface area contributed by atoms with Crippen molar-refractivity contribution in [1.29, 1.82) is 0 Å². The number of hydrogen-bond acceptors (Lipinski definition) is 2. The Morgan fingerprint density at radius 2 is 2.06 bits per heavy atom. The molecule has 1 aliphatic heterocycles. The summed E-state index contributed by atoms with van der Waals surface area (Å²) in [5, 5.41) is 3.35. The van der Waals surface area contributed by atoms with Gasteiger partial charge in [0.05, 0.1) is 0 Å². The molecule has 1 heterocycles. The zero-order chi connectivity index (χ0) is 13.2. The Labute approximate surface area is 123 Å². The highest BCUT2D eigenvalue weighted by Gasteiger charge is 2.42. The molecule has 1 fully saturated rings. The minimum atomic E-state index is -0.150. The van der Waals surface area contributed by atoms with E-state index in [1.165, 1.54) is 3.57 Å². The molecule has 1 saturated heterocycles. The van der Waals surface area contributed by atoms with Gasteiger partial charge in [0, 0.05) is 22.0 Å². The van der Waals surface area contributed by atoms with Gasteiger partial charge in [-0.2, -0.15) is 0 Å². The summed E-state index contributed by atoms with van der Waals surface area (Å²) in [5.41, 5.74) is 0.982. The van der Waals surface area contributed by atoms with E-state index in [-0.39, 0.29) is 5.41 Å². The van der Waals surface area contributed by atoms with E-state index in [9.17, 15) is 4.79 Å². The number of carbonyl (C=O) groups is 1. The predicted molar refractivity (Wildman–Crippen MR) is 82.6 cm³/mol. The molecule has 98 valence electrons. The summed E-state index contributed by atoms with van der Waals surface area (Å²) in [6.45, 7) is 6.14. The van der Waals surface area contributed by atoms with Crippen molar-refractivity contribution in [3.8, 4) is 0 Å². The van der Waals surface area contributed by atoms with Gasteiger partial charge in [-0.25, -0.2) is 0 Å². The van der Waals surface area contributed by atoms with Crippen LogP contribution in [0.15, 0.2) is 24.3 Å². The summed E-state index contributed by atoms with van der Waals surface area (Å²) in [6.07, 6.45) is 1.55. The summed E-state index contributed by atoms with van der Waals surface area (Å²) >= 11 is 2.29. The van der Waals surface area contributed by atoms with Crippen molar-refractivity contribution >= 4 is 28.4 Å². The lowest BCUT2D eigenvalue weighted by molar-refractivity contribution is -0.129. The van der Waals surface area contributed by atoms with Gasteiger partial charge >= 0.3 is 0 Å². The Morgan fingerprint density at radius 3 is 2.56 bits per heavy atom. The fourth-order valence-corrected chi connectivity index (χ4v) is 3.09. The predicted octanol–water partition coefficient (Wildman–Crippen LogP) is 3.04. The maximum Gasteiger partial charge on any atom is 0.144 e. The molecular weight excluding hydrogens is 337 g/mol. The molecule has 2 nitrogen and oxygen atoms in total. The molecule has 2 rings (SSSR count). The molecule has 18 heavy (non-hydrogen) atoms. The third kappa shape index (κ3) is 2.77. The van der Waals surface area contributed by atoms with Crippen molar-refractivity contribution in [3.05, 3.63) is 33.4 Å². The SMILES string of the molecule is CC(C)C1(C(=O)Cc2ccc(I)cc2)CCNC1. The number of rotatable bonds is 4. The third-order valence-corrected chi connectivity index (χ3v) is 4.85. The second-order valence-electron chi connectivity index (χ2n) is 5.46. The van der Waals surface area contributed by atoms with Crippen LogP contribution in [0, 0.1) is 14.9 Å². The van der Waals surface area contributed by atoms with Crippen molar-refractivity contribution in [2.45, 2.75) is 26.7 Å². The third-order valence-electron chi connectivity index (χ3n) is 4.13. The van der Waals surface area contributed by atoms with E-state index in [4.69, 9.17) is 0 Å². The quantitative estimate of drug-likeness (QED) is 0.840. The molecule has 1 aliphatic rings. The Kier molecular flexibility index (Phi) is 4.43. The lowest BCUT2D eigenvalue weighted by atomic mass is 9.71. The number of Topliss-reactive ketones (excluding diaryl/α,β-unsaturated/α-hetero) is 1. The number of hydrogen-bond donors (Lipinski definition) is 1. The molecule has 0 radical (unpaired) electrons. The minimum absolute atomic E-state index is 0.150. The van der Waals surface area contributed by atoms with Gasteiger partial charge in [0.1, 0.15) is 5.78 Å². The maximum atomic E-state index is 12.6. The summed E-state index contributed by atoms with van der Waals surface area (Å²) in [5.74, 6) is 0.799. The number of benzene rings is 1. The molecule has 1 aromatic carbocycles. The van der Waals surface area contributed by atoms with Crippen molar-refractivity contribution in [1.82, 2.24) is 5.32 Å². The molecule has 0 bridgehead atoms. The largest absolute Gasteiger partial charge is 0.316 e. The van der Waals surface area contributed by atoms with Crippen LogP contribution in [0.1, 0.15) is 25.8 Å². The molecule has 0 amide bonds. The van der Waals surface area contributed by atoms with Crippen molar-refractivity contribution < 1.29 is 4.79 Å². The highest BCUT2D eigenvalue weighted by Crippen LogP contribution is 2.36. The van der Waals surface area contributed by atoms with Crippen molar-refractivity contribution in [3.63, 3.8) is 0 Å². The Morgan fingerprint density at radius 1 is 1.39 bits per heavy atom. The van der Waals surface area contributed by atoms with Gasteiger partial charge in [0.15, 0.2) is 0 Å². The van der Waals surface area contributed by atoms with E-state index in [1.807, 2.05) is 0 Å². The van der Waals surface area contributed by atoms with E-state index in [0.717, 1.165) is 25.1 Å². The van der Waals surface area contributed by atoms with Crippen LogP contribution in [0.4, 0.5) is 0 Å². The van der Waals surface area contributed by atoms with Crippen molar-refractivity contribution in [2.75, 3.05) is 13.1 Å². The molecule has 1 atom stereocenters. The molecule has 0 spiro atoms. The van der Waals surface area contributed by atoms with E-state index in [1.54, 1.807) is 0 Å². The fourth-order valence-electron chi connectivity index (χ4n) is 2.73. The van der Waals surface area contributed by atoms with E-state index >= 15 is 0 Å². The Bertz CT molecular complexity index is 419. The van der Waals surface area contributed by atoms with Gasteiger partial charge in [-0.15, -0.1) is 0 Å². The summed E-state index contributed by atoms with van der Waals surface area (Å²) in [7, 11) is 0. The lowest BCUT2D eigenvalue weighted by Gasteiger charge is -2.31. The van der Waals surface area contributed by atoms with Crippen LogP contribution in [-0.4, -0.2) is 18.9 Å². The smallest absolute Gasteiger partial charge is 0.144 e. The van der Waals surface area contributed by atoms with Crippen LogP contribution in [0.3, 0.4) is 0 Å². The van der Waals surface area contributed by atoms with Crippen LogP contribution in [0.25, 0.3) is 0 Å². The van der Waals surface area contributed by atoms with E-state index < -0.39 is 0 Å². The average molecular weight is 357 g/mol. The number of nitrogens with one attached hydrogen (secondary N) is 1. The van der Waals surface area contributed by atoms with Crippen LogP contribution >= 0.6 is 22.6 Å². The van der Waals surface area contributed by atoms with Crippen LogP contribution in [0.2, 0.25) is 0 Å². The molecule has 1 N–H and O–H groups in total. The van der Waals surface area contributed by atoms with Gasteiger partial charge in [-0.3, -0.25) is 4.79 Å². The molecule has 3 heteroatoms. The van der Waals surface area contributed by atoms with Crippen LogP contribution in [-0.2, 0) is 11.2 Å². The molecule has 0 aromatic heterocycles.